The Bertz CT molecular complexity index is 915. The van der Waals surface area contributed by atoms with E-state index < -0.39 is 16.1 Å². The summed E-state index contributed by atoms with van der Waals surface area (Å²) < 4.78 is 38.3. The van der Waals surface area contributed by atoms with Crippen molar-refractivity contribution in [2.24, 2.45) is 0 Å². The first-order valence-electron chi connectivity index (χ1n) is 10.3. The van der Waals surface area contributed by atoms with Gasteiger partial charge in [0.05, 0.1) is 24.2 Å². The number of ether oxygens (including phenoxy) is 2. The molecule has 0 fully saturated rings. The van der Waals surface area contributed by atoms with Gasteiger partial charge in [-0.2, -0.15) is 4.31 Å². The lowest BCUT2D eigenvalue weighted by Crippen LogP contribution is -2.36. The highest BCUT2D eigenvalue weighted by molar-refractivity contribution is 7.89. The molecule has 0 saturated carbocycles. The number of amides is 1. The molecule has 1 amide bonds. The molecule has 31 heavy (non-hydrogen) atoms. The van der Waals surface area contributed by atoms with Gasteiger partial charge in [0.25, 0.3) is 0 Å². The molecule has 0 saturated heterocycles. The molecule has 0 unspecified atom stereocenters. The van der Waals surface area contributed by atoms with Crippen LogP contribution in [0.4, 0.5) is 0 Å². The Kier molecular flexibility index (Phi) is 9.48. The van der Waals surface area contributed by atoms with Crippen LogP contribution in [-0.4, -0.2) is 52.0 Å². The van der Waals surface area contributed by atoms with Gasteiger partial charge in [-0.1, -0.05) is 30.3 Å². The quantitative estimate of drug-likeness (QED) is 0.503. The van der Waals surface area contributed by atoms with Gasteiger partial charge in [-0.15, -0.1) is 0 Å². The summed E-state index contributed by atoms with van der Waals surface area (Å²) in [5.74, 6) is 0.436. The van der Waals surface area contributed by atoms with Gasteiger partial charge in [-0.25, -0.2) is 8.42 Å². The van der Waals surface area contributed by atoms with Crippen molar-refractivity contribution < 1.29 is 22.7 Å². The van der Waals surface area contributed by atoms with E-state index in [1.807, 2.05) is 13.8 Å². The number of hydrogen-bond acceptors (Lipinski definition) is 5. The van der Waals surface area contributed by atoms with Crippen LogP contribution in [0.3, 0.4) is 0 Å². The Hall–Kier alpha value is -2.42. The summed E-state index contributed by atoms with van der Waals surface area (Å²) in [6, 6.07) is 14.6. The predicted octanol–water partition coefficient (Wildman–Crippen LogP) is 3.38. The molecule has 0 aliphatic heterocycles. The van der Waals surface area contributed by atoms with E-state index in [1.54, 1.807) is 61.7 Å². The number of nitrogens with zero attached hydrogens (tertiary/aromatic N) is 1. The second-order valence-corrected chi connectivity index (χ2v) is 9.45. The molecule has 0 bridgehead atoms. The highest BCUT2D eigenvalue weighted by Crippen LogP contribution is 2.30. The average molecular weight is 449 g/mol. The summed E-state index contributed by atoms with van der Waals surface area (Å²) >= 11 is 0. The van der Waals surface area contributed by atoms with Crippen molar-refractivity contribution in [3.63, 3.8) is 0 Å². The molecule has 0 aromatic heterocycles. The van der Waals surface area contributed by atoms with Gasteiger partial charge in [-0.3, -0.25) is 4.79 Å². The molecule has 0 radical (unpaired) electrons. The Labute approximate surface area is 185 Å². The fourth-order valence-electron chi connectivity index (χ4n) is 3.08. The average Bonchev–Trinajstić information content (AvgIpc) is 2.77. The molecule has 0 spiro atoms. The zero-order chi connectivity index (χ0) is 22.9. The Morgan fingerprint density at radius 3 is 2.29 bits per heavy atom. The lowest BCUT2D eigenvalue weighted by molar-refractivity contribution is -0.122. The number of carbonyl (C=O) groups is 1. The SMILES string of the molecule is COc1ccc([C@H](CC(=O)NCCCOC(C)C)N(C)S(=O)(=O)c2ccccc2)cc1. The normalized spacial score (nSPS) is 12.7. The molecule has 1 N–H and O–H groups in total. The predicted molar refractivity (Wildman–Crippen MR) is 120 cm³/mol. The third-order valence-electron chi connectivity index (χ3n) is 4.83. The molecule has 2 aromatic rings. The Morgan fingerprint density at radius 1 is 1.06 bits per heavy atom. The van der Waals surface area contributed by atoms with E-state index in [0.717, 1.165) is 0 Å². The van der Waals surface area contributed by atoms with Crippen LogP contribution >= 0.6 is 0 Å². The van der Waals surface area contributed by atoms with Crippen molar-refractivity contribution in [3.05, 3.63) is 60.2 Å². The molecule has 0 heterocycles. The molecule has 0 aliphatic carbocycles. The maximum absolute atomic E-state index is 13.2. The van der Waals surface area contributed by atoms with Gasteiger partial charge in [0.15, 0.2) is 0 Å². The minimum absolute atomic E-state index is 0.0000694. The van der Waals surface area contributed by atoms with Gasteiger partial charge in [0.2, 0.25) is 15.9 Å². The fourth-order valence-corrected chi connectivity index (χ4v) is 4.44. The first-order chi connectivity index (χ1) is 14.8. The second kappa shape index (κ2) is 11.8. The standard InChI is InChI=1S/C23H32N2O5S/c1-18(2)30-16-8-15-24-23(26)17-22(19-11-13-20(29-4)14-12-19)25(3)31(27,28)21-9-6-5-7-10-21/h5-7,9-14,18,22H,8,15-17H2,1-4H3,(H,24,26)/t22-/m0/s1. The van der Waals surface area contributed by atoms with Gasteiger partial charge in [-0.05, 0) is 50.1 Å². The third kappa shape index (κ3) is 7.34. The summed E-state index contributed by atoms with van der Waals surface area (Å²) in [5.41, 5.74) is 0.709. The largest absolute Gasteiger partial charge is 0.497 e. The van der Waals surface area contributed by atoms with E-state index in [0.29, 0.717) is 30.9 Å². The Morgan fingerprint density at radius 2 is 1.71 bits per heavy atom. The van der Waals surface area contributed by atoms with Crippen molar-refractivity contribution in [2.75, 3.05) is 27.3 Å². The maximum atomic E-state index is 13.2. The van der Waals surface area contributed by atoms with Crippen LogP contribution in [0.25, 0.3) is 0 Å². The van der Waals surface area contributed by atoms with E-state index >= 15 is 0 Å². The number of methoxy groups -OCH3 is 1. The van der Waals surface area contributed by atoms with Gasteiger partial charge in [0, 0.05) is 26.6 Å². The first-order valence-corrected chi connectivity index (χ1v) is 11.7. The van der Waals surface area contributed by atoms with Crippen LogP contribution in [0.2, 0.25) is 0 Å². The molecule has 8 heteroatoms. The molecule has 2 aromatic carbocycles. The first kappa shape index (κ1) is 24.8. The van der Waals surface area contributed by atoms with Crippen molar-refractivity contribution in [1.29, 1.82) is 0 Å². The molecular weight excluding hydrogens is 416 g/mol. The highest BCUT2D eigenvalue weighted by Gasteiger charge is 2.30. The number of benzene rings is 2. The lowest BCUT2D eigenvalue weighted by atomic mass is 10.0. The number of sulfonamides is 1. The van der Waals surface area contributed by atoms with E-state index in [1.165, 1.54) is 11.4 Å². The van der Waals surface area contributed by atoms with E-state index in [9.17, 15) is 13.2 Å². The third-order valence-corrected chi connectivity index (χ3v) is 6.71. The van der Waals surface area contributed by atoms with Crippen LogP contribution < -0.4 is 10.1 Å². The zero-order valence-electron chi connectivity index (χ0n) is 18.6. The van der Waals surface area contributed by atoms with Crippen molar-refractivity contribution >= 4 is 15.9 Å². The minimum Gasteiger partial charge on any atom is -0.497 e. The van der Waals surface area contributed by atoms with Crippen LogP contribution in [0.5, 0.6) is 5.75 Å². The number of nitrogens with one attached hydrogen (secondary N) is 1. The van der Waals surface area contributed by atoms with Crippen LogP contribution in [0, 0.1) is 0 Å². The monoisotopic (exact) mass is 448 g/mol. The topological polar surface area (TPSA) is 84.9 Å². The van der Waals surface area contributed by atoms with E-state index in [2.05, 4.69) is 5.32 Å². The van der Waals surface area contributed by atoms with Gasteiger partial charge >= 0.3 is 0 Å². The summed E-state index contributed by atoms with van der Waals surface area (Å²) in [6.07, 6.45) is 0.835. The minimum atomic E-state index is -3.78. The molecular formula is C23H32N2O5S. The molecule has 7 nitrogen and oxygen atoms in total. The summed E-state index contributed by atoms with van der Waals surface area (Å²) in [7, 11) is -0.719. The maximum Gasteiger partial charge on any atom is 0.243 e. The Balaban J connectivity index is 2.17. The van der Waals surface area contributed by atoms with Crippen LogP contribution in [0.15, 0.2) is 59.5 Å². The van der Waals surface area contributed by atoms with Crippen LogP contribution in [0.1, 0.15) is 38.3 Å². The molecule has 170 valence electrons. The number of hydrogen-bond donors (Lipinski definition) is 1. The lowest BCUT2D eigenvalue weighted by Gasteiger charge is -2.28. The van der Waals surface area contributed by atoms with Crippen molar-refractivity contribution in [2.45, 2.75) is 43.7 Å². The van der Waals surface area contributed by atoms with E-state index in [-0.39, 0.29) is 23.3 Å². The molecule has 0 aliphatic rings. The zero-order valence-corrected chi connectivity index (χ0v) is 19.4. The van der Waals surface area contributed by atoms with Crippen molar-refractivity contribution in [1.82, 2.24) is 9.62 Å². The molecule has 1 atom stereocenters. The molecule has 2 rings (SSSR count). The van der Waals surface area contributed by atoms with Gasteiger partial charge in [0.1, 0.15) is 5.75 Å². The second-order valence-electron chi connectivity index (χ2n) is 7.45. The van der Waals surface area contributed by atoms with Gasteiger partial charge < -0.3 is 14.8 Å². The summed E-state index contributed by atoms with van der Waals surface area (Å²) in [6.45, 7) is 4.94. The van der Waals surface area contributed by atoms with Crippen LogP contribution in [-0.2, 0) is 19.6 Å². The fraction of sp³-hybridized carbons (Fsp3) is 0.435. The summed E-state index contributed by atoms with van der Waals surface area (Å²) in [5, 5.41) is 2.86. The highest BCUT2D eigenvalue weighted by atomic mass is 32.2. The summed E-state index contributed by atoms with van der Waals surface area (Å²) in [4.78, 5) is 12.8. The number of carbonyl (C=O) groups excluding carboxylic acids is 1. The van der Waals surface area contributed by atoms with E-state index in [4.69, 9.17) is 9.47 Å². The van der Waals surface area contributed by atoms with Crippen molar-refractivity contribution in [3.8, 4) is 5.75 Å². The smallest absolute Gasteiger partial charge is 0.243 e. The number of rotatable bonds is 12.